The largest absolute Gasteiger partial charge is 0.373 e. The average Bonchev–Trinajstić information content (AvgIpc) is 3.03. The summed E-state index contributed by atoms with van der Waals surface area (Å²) in [5.74, 6) is 0.290. The van der Waals surface area contributed by atoms with E-state index in [0.29, 0.717) is 12.6 Å². The van der Waals surface area contributed by atoms with Crippen LogP contribution in [-0.2, 0) is 9.53 Å². The van der Waals surface area contributed by atoms with Crippen molar-refractivity contribution in [1.82, 2.24) is 10.2 Å². The molecule has 1 saturated carbocycles. The van der Waals surface area contributed by atoms with E-state index in [1.165, 1.54) is 19.4 Å². The van der Waals surface area contributed by atoms with Gasteiger partial charge in [0.15, 0.2) is 0 Å². The second-order valence-electron chi connectivity index (χ2n) is 6.26. The Bertz CT molecular complexity index is 337. The molecule has 3 rings (SSSR count). The third-order valence-electron chi connectivity index (χ3n) is 4.81. The molecule has 0 radical (unpaired) electrons. The molecule has 1 amide bonds. The molecule has 4 unspecified atom stereocenters. The van der Waals surface area contributed by atoms with Crippen LogP contribution in [-0.4, -0.2) is 55.2 Å². The highest BCUT2D eigenvalue weighted by molar-refractivity contribution is 5.79. The van der Waals surface area contributed by atoms with Crippen LogP contribution in [0.3, 0.4) is 0 Å². The minimum absolute atomic E-state index is 0.123. The molecule has 0 aromatic heterocycles. The molecule has 4 atom stereocenters. The van der Waals surface area contributed by atoms with Gasteiger partial charge in [-0.2, -0.15) is 0 Å². The number of nitrogens with two attached hydrogens (primary N) is 1. The zero-order valence-electron chi connectivity index (χ0n) is 11.5. The van der Waals surface area contributed by atoms with E-state index in [9.17, 15) is 4.79 Å². The van der Waals surface area contributed by atoms with Gasteiger partial charge in [-0.25, -0.2) is 0 Å². The van der Waals surface area contributed by atoms with Crippen LogP contribution in [0.1, 0.15) is 32.1 Å². The van der Waals surface area contributed by atoms with Crippen LogP contribution in [0.4, 0.5) is 0 Å². The number of nitrogens with zero attached hydrogens (tertiary/aromatic N) is 1. The van der Waals surface area contributed by atoms with Gasteiger partial charge in [0, 0.05) is 31.1 Å². The fraction of sp³-hybridized carbons (Fsp3) is 0.929. The first-order valence-corrected chi connectivity index (χ1v) is 7.61. The standard InChI is InChI=1S/C14H25N3O2/c15-11-4-3-10(6-11)14(18)16-7-13-8-17-5-1-2-12(17)9-19-13/h10-13H,1-9,15H2,(H,16,18). The van der Waals surface area contributed by atoms with E-state index in [2.05, 4.69) is 10.2 Å². The van der Waals surface area contributed by atoms with E-state index in [1.54, 1.807) is 0 Å². The molecule has 2 saturated heterocycles. The van der Waals surface area contributed by atoms with Crippen LogP contribution >= 0.6 is 0 Å². The summed E-state index contributed by atoms with van der Waals surface area (Å²) in [5, 5.41) is 3.05. The van der Waals surface area contributed by atoms with E-state index >= 15 is 0 Å². The van der Waals surface area contributed by atoms with E-state index in [4.69, 9.17) is 10.5 Å². The van der Waals surface area contributed by atoms with Gasteiger partial charge in [0.1, 0.15) is 0 Å². The molecule has 0 spiro atoms. The maximum atomic E-state index is 12.0. The Morgan fingerprint density at radius 3 is 3.05 bits per heavy atom. The zero-order valence-corrected chi connectivity index (χ0v) is 11.5. The first kappa shape index (κ1) is 13.3. The topological polar surface area (TPSA) is 67.6 Å². The van der Waals surface area contributed by atoms with E-state index < -0.39 is 0 Å². The Balaban J connectivity index is 1.41. The highest BCUT2D eigenvalue weighted by Crippen LogP contribution is 2.25. The lowest BCUT2D eigenvalue weighted by molar-refractivity contribution is -0.126. The number of hydrogen-bond donors (Lipinski definition) is 2. The van der Waals surface area contributed by atoms with Gasteiger partial charge in [-0.3, -0.25) is 9.69 Å². The van der Waals surface area contributed by atoms with Gasteiger partial charge in [0.25, 0.3) is 0 Å². The van der Waals surface area contributed by atoms with Crippen molar-refractivity contribution in [2.45, 2.75) is 50.3 Å². The monoisotopic (exact) mass is 267 g/mol. The molecule has 2 aliphatic heterocycles. The Hall–Kier alpha value is -0.650. The molecule has 0 bridgehead atoms. The second-order valence-corrected chi connectivity index (χ2v) is 6.26. The Morgan fingerprint density at radius 1 is 1.37 bits per heavy atom. The molecule has 0 aromatic carbocycles. The van der Waals surface area contributed by atoms with Gasteiger partial charge >= 0.3 is 0 Å². The van der Waals surface area contributed by atoms with Crippen molar-refractivity contribution in [3.8, 4) is 0 Å². The number of fused-ring (bicyclic) bond motifs is 1. The molecule has 1 aliphatic carbocycles. The molecular formula is C14H25N3O2. The molecule has 19 heavy (non-hydrogen) atoms. The van der Waals surface area contributed by atoms with Gasteiger partial charge in [-0.1, -0.05) is 0 Å². The maximum absolute atomic E-state index is 12.0. The highest BCUT2D eigenvalue weighted by Gasteiger charge is 2.33. The maximum Gasteiger partial charge on any atom is 0.223 e. The predicted molar refractivity (Wildman–Crippen MR) is 72.7 cm³/mol. The first-order chi connectivity index (χ1) is 9.22. The molecule has 3 fully saturated rings. The minimum Gasteiger partial charge on any atom is -0.373 e. The van der Waals surface area contributed by atoms with Gasteiger partial charge in [0.05, 0.1) is 12.7 Å². The summed E-state index contributed by atoms with van der Waals surface area (Å²) < 4.78 is 5.84. The van der Waals surface area contributed by atoms with Crippen molar-refractivity contribution in [2.75, 3.05) is 26.2 Å². The van der Waals surface area contributed by atoms with Crippen LogP contribution in [0, 0.1) is 5.92 Å². The van der Waals surface area contributed by atoms with Gasteiger partial charge in [0.2, 0.25) is 5.91 Å². The number of carbonyl (C=O) groups is 1. The molecule has 5 nitrogen and oxygen atoms in total. The van der Waals surface area contributed by atoms with Crippen molar-refractivity contribution in [1.29, 1.82) is 0 Å². The third-order valence-corrected chi connectivity index (χ3v) is 4.81. The molecular weight excluding hydrogens is 242 g/mol. The van der Waals surface area contributed by atoms with Crippen molar-refractivity contribution in [2.24, 2.45) is 11.7 Å². The number of carbonyl (C=O) groups excluding carboxylic acids is 1. The summed E-state index contributed by atoms with van der Waals surface area (Å²) in [4.78, 5) is 14.5. The van der Waals surface area contributed by atoms with Crippen molar-refractivity contribution in [3.63, 3.8) is 0 Å². The Morgan fingerprint density at radius 2 is 2.26 bits per heavy atom. The van der Waals surface area contributed by atoms with E-state index in [1.807, 2.05) is 0 Å². The normalized spacial score (nSPS) is 39.2. The first-order valence-electron chi connectivity index (χ1n) is 7.61. The lowest BCUT2D eigenvalue weighted by Crippen LogP contribution is -2.50. The second kappa shape index (κ2) is 5.77. The summed E-state index contributed by atoms with van der Waals surface area (Å²) in [6, 6.07) is 0.840. The average molecular weight is 267 g/mol. The highest BCUT2D eigenvalue weighted by atomic mass is 16.5. The molecule has 108 valence electrons. The number of ether oxygens (including phenoxy) is 1. The van der Waals surface area contributed by atoms with Crippen molar-refractivity contribution in [3.05, 3.63) is 0 Å². The molecule has 3 N–H and O–H groups in total. The number of amides is 1. The number of hydrogen-bond acceptors (Lipinski definition) is 4. The van der Waals surface area contributed by atoms with Crippen LogP contribution in [0.25, 0.3) is 0 Å². The predicted octanol–water partition coefficient (Wildman–Crippen LogP) is 0.0932. The smallest absolute Gasteiger partial charge is 0.223 e. The Kier molecular flexibility index (Phi) is 4.05. The van der Waals surface area contributed by atoms with E-state index in [0.717, 1.165) is 32.4 Å². The summed E-state index contributed by atoms with van der Waals surface area (Å²) in [6.45, 7) is 3.63. The van der Waals surface area contributed by atoms with Gasteiger partial charge in [-0.05, 0) is 38.6 Å². The molecule has 5 heteroatoms. The summed E-state index contributed by atoms with van der Waals surface area (Å²) >= 11 is 0. The van der Waals surface area contributed by atoms with Crippen LogP contribution in [0.15, 0.2) is 0 Å². The lowest BCUT2D eigenvalue weighted by Gasteiger charge is -2.35. The molecule has 2 heterocycles. The van der Waals surface area contributed by atoms with Crippen molar-refractivity contribution < 1.29 is 9.53 Å². The van der Waals surface area contributed by atoms with Crippen LogP contribution in [0.5, 0.6) is 0 Å². The fourth-order valence-electron chi connectivity index (χ4n) is 3.62. The van der Waals surface area contributed by atoms with Crippen molar-refractivity contribution >= 4 is 5.91 Å². The lowest BCUT2D eigenvalue weighted by atomic mass is 10.1. The summed E-state index contributed by atoms with van der Waals surface area (Å²) in [7, 11) is 0. The number of nitrogens with one attached hydrogen (secondary N) is 1. The SMILES string of the molecule is NC1CCC(C(=O)NCC2CN3CCCC3CO2)C1. The quantitative estimate of drug-likeness (QED) is 0.761. The van der Waals surface area contributed by atoms with Crippen LogP contribution < -0.4 is 11.1 Å². The number of morpholine rings is 1. The fourth-order valence-corrected chi connectivity index (χ4v) is 3.62. The Labute approximate surface area is 114 Å². The number of rotatable bonds is 3. The third kappa shape index (κ3) is 3.09. The van der Waals surface area contributed by atoms with Gasteiger partial charge < -0.3 is 15.8 Å². The zero-order chi connectivity index (χ0) is 13.2. The molecule has 3 aliphatic rings. The minimum atomic E-state index is 0.123. The summed E-state index contributed by atoms with van der Waals surface area (Å²) in [6.07, 6.45) is 5.46. The molecule has 0 aromatic rings. The van der Waals surface area contributed by atoms with Crippen LogP contribution in [0.2, 0.25) is 0 Å². The van der Waals surface area contributed by atoms with E-state index in [-0.39, 0.29) is 24.0 Å². The van der Waals surface area contributed by atoms with Gasteiger partial charge in [-0.15, -0.1) is 0 Å². The summed E-state index contributed by atoms with van der Waals surface area (Å²) in [5.41, 5.74) is 5.85.